The predicted molar refractivity (Wildman–Crippen MR) is 286 cm³/mol. The van der Waals surface area contributed by atoms with Crippen LogP contribution < -0.4 is 4.90 Å². The van der Waals surface area contributed by atoms with Gasteiger partial charge < -0.3 is 4.90 Å². The molecule has 0 aliphatic heterocycles. The molecule has 0 saturated heterocycles. The van der Waals surface area contributed by atoms with E-state index in [0.29, 0.717) is 0 Å². The van der Waals surface area contributed by atoms with Crippen molar-refractivity contribution < 1.29 is 0 Å². The highest BCUT2D eigenvalue weighted by atomic mass is 15.1. The monoisotopic (exact) mass is 861 g/mol. The van der Waals surface area contributed by atoms with Crippen LogP contribution in [0.2, 0.25) is 0 Å². The van der Waals surface area contributed by atoms with Crippen molar-refractivity contribution in [1.82, 2.24) is 0 Å². The maximum Gasteiger partial charge on any atom is 0.0726 e. The standard InChI is InChI=1S/C67H43N/c1-3-20-45(21-4-1)64-55-28-9-11-30-57(55)65(58-31-12-10-29-56(58)64)47-35-38-48(39-36-47)68(63-42-37-44-19-7-8-24-50(44)66(63)46-22-5-2-6-23-46)49-40-41-54-53-27-15-18-34-61(53)67(62(54)43-49)59-32-16-13-25-51(59)52-26-14-17-33-60(52)67/h1-43H. The highest BCUT2D eigenvalue weighted by Crippen LogP contribution is 2.63. The number of anilines is 3. The maximum absolute atomic E-state index is 2.51. The highest BCUT2D eigenvalue weighted by molar-refractivity contribution is 6.21. The van der Waals surface area contributed by atoms with Crippen LogP contribution in [0.3, 0.4) is 0 Å². The van der Waals surface area contributed by atoms with Crippen LogP contribution in [0.4, 0.5) is 17.1 Å². The zero-order chi connectivity index (χ0) is 44.8. The van der Waals surface area contributed by atoms with E-state index in [-0.39, 0.29) is 0 Å². The molecule has 1 heteroatoms. The number of nitrogens with zero attached hydrogens (tertiary/aromatic N) is 1. The molecule has 14 rings (SSSR count). The predicted octanol–water partition coefficient (Wildman–Crippen LogP) is 18.0. The maximum atomic E-state index is 2.51. The molecule has 1 nitrogen and oxygen atoms in total. The number of hydrogen-bond donors (Lipinski definition) is 0. The molecule has 316 valence electrons. The van der Waals surface area contributed by atoms with E-state index < -0.39 is 5.41 Å². The second kappa shape index (κ2) is 15.1. The normalized spacial score (nSPS) is 12.8. The first kappa shape index (κ1) is 38.5. The Morgan fingerprint density at radius 3 is 1.18 bits per heavy atom. The minimum Gasteiger partial charge on any atom is -0.310 e. The summed E-state index contributed by atoms with van der Waals surface area (Å²) >= 11 is 0. The molecule has 12 aromatic rings. The van der Waals surface area contributed by atoms with Crippen LogP contribution in [0.5, 0.6) is 0 Å². The van der Waals surface area contributed by atoms with Gasteiger partial charge in [-0.1, -0.05) is 231 Å². The van der Waals surface area contributed by atoms with Gasteiger partial charge in [-0.15, -0.1) is 0 Å². The molecule has 0 amide bonds. The fourth-order valence-electron chi connectivity index (χ4n) is 12.1. The van der Waals surface area contributed by atoms with Crippen LogP contribution in [0.15, 0.2) is 261 Å². The van der Waals surface area contributed by atoms with Gasteiger partial charge >= 0.3 is 0 Å². The van der Waals surface area contributed by atoms with Gasteiger partial charge in [0.2, 0.25) is 0 Å². The second-order valence-electron chi connectivity index (χ2n) is 18.3. The Morgan fingerprint density at radius 1 is 0.250 bits per heavy atom. The van der Waals surface area contributed by atoms with Gasteiger partial charge in [-0.25, -0.2) is 0 Å². The summed E-state index contributed by atoms with van der Waals surface area (Å²) < 4.78 is 0. The number of rotatable bonds is 6. The van der Waals surface area contributed by atoms with Gasteiger partial charge in [-0.3, -0.25) is 0 Å². The Hall–Kier alpha value is -8.78. The largest absolute Gasteiger partial charge is 0.310 e. The number of fused-ring (bicyclic) bond motifs is 13. The van der Waals surface area contributed by atoms with Gasteiger partial charge in [-0.05, 0) is 135 Å². The van der Waals surface area contributed by atoms with Crippen molar-refractivity contribution in [2.24, 2.45) is 0 Å². The van der Waals surface area contributed by atoms with E-state index in [9.17, 15) is 0 Å². The molecule has 0 atom stereocenters. The summed E-state index contributed by atoms with van der Waals surface area (Å²) in [7, 11) is 0. The summed E-state index contributed by atoms with van der Waals surface area (Å²) in [6.07, 6.45) is 0. The van der Waals surface area contributed by atoms with Crippen LogP contribution in [0.1, 0.15) is 22.3 Å². The van der Waals surface area contributed by atoms with Crippen LogP contribution >= 0.6 is 0 Å². The van der Waals surface area contributed by atoms with Crippen molar-refractivity contribution in [3.8, 4) is 55.6 Å². The molecular formula is C67H43N. The first-order valence-electron chi connectivity index (χ1n) is 23.7. The molecule has 0 saturated carbocycles. The third kappa shape index (κ3) is 5.51. The van der Waals surface area contributed by atoms with Crippen molar-refractivity contribution in [1.29, 1.82) is 0 Å². The molecule has 1 spiro atoms. The first-order chi connectivity index (χ1) is 33.8. The molecular weight excluding hydrogens is 819 g/mol. The lowest BCUT2D eigenvalue weighted by Crippen LogP contribution is -2.26. The van der Waals surface area contributed by atoms with Crippen molar-refractivity contribution >= 4 is 49.4 Å². The van der Waals surface area contributed by atoms with Crippen molar-refractivity contribution in [3.63, 3.8) is 0 Å². The average Bonchev–Trinajstić information content (AvgIpc) is 3.88. The Balaban J connectivity index is 1.03. The highest BCUT2D eigenvalue weighted by Gasteiger charge is 2.51. The van der Waals surface area contributed by atoms with Gasteiger partial charge in [0.05, 0.1) is 11.1 Å². The zero-order valence-corrected chi connectivity index (χ0v) is 37.3. The summed E-state index contributed by atoms with van der Waals surface area (Å²) in [5.41, 5.74) is 20.7. The molecule has 2 aliphatic rings. The van der Waals surface area contributed by atoms with E-state index in [2.05, 4.69) is 266 Å². The van der Waals surface area contributed by atoms with Crippen LogP contribution in [-0.2, 0) is 5.41 Å². The summed E-state index contributed by atoms with van der Waals surface area (Å²) in [6.45, 7) is 0. The third-order valence-electron chi connectivity index (χ3n) is 14.9. The molecule has 0 fully saturated rings. The summed E-state index contributed by atoms with van der Waals surface area (Å²) in [4.78, 5) is 2.51. The van der Waals surface area contributed by atoms with E-state index in [1.807, 2.05) is 0 Å². The van der Waals surface area contributed by atoms with E-state index in [0.717, 1.165) is 17.1 Å². The lowest BCUT2D eigenvalue weighted by molar-refractivity contribution is 0.793. The van der Waals surface area contributed by atoms with Gasteiger partial charge in [0.15, 0.2) is 0 Å². The Kier molecular flexibility index (Phi) is 8.57. The van der Waals surface area contributed by atoms with Crippen LogP contribution in [0.25, 0.3) is 88.0 Å². The fraction of sp³-hybridized carbons (Fsp3) is 0.0149. The lowest BCUT2D eigenvalue weighted by Gasteiger charge is -2.33. The van der Waals surface area contributed by atoms with Crippen molar-refractivity contribution in [2.45, 2.75) is 5.41 Å². The van der Waals surface area contributed by atoms with Crippen LogP contribution in [0, 0.1) is 0 Å². The molecule has 0 N–H and O–H groups in total. The average molecular weight is 862 g/mol. The number of benzene rings is 12. The molecule has 2 aliphatic carbocycles. The molecule has 0 unspecified atom stereocenters. The minimum atomic E-state index is -0.468. The topological polar surface area (TPSA) is 3.24 Å². The third-order valence-corrected chi connectivity index (χ3v) is 14.9. The van der Waals surface area contributed by atoms with E-state index in [1.54, 1.807) is 0 Å². The molecule has 0 radical (unpaired) electrons. The van der Waals surface area contributed by atoms with Gasteiger partial charge in [0.25, 0.3) is 0 Å². The molecule has 12 aromatic carbocycles. The molecule has 0 bridgehead atoms. The minimum absolute atomic E-state index is 0.468. The fourth-order valence-corrected chi connectivity index (χ4v) is 12.1. The van der Waals surface area contributed by atoms with Gasteiger partial charge in [0.1, 0.15) is 0 Å². The Labute approximate surface area is 396 Å². The molecule has 68 heavy (non-hydrogen) atoms. The summed E-state index contributed by atoms with van der Waals surface area (Å²) in [6, 6.07) is 96.9. The van der Waals surface area contributed by atoms with E-state index >= 15 is 0 Å². The number of hydrogen-bond acceptors (Lipinski definition) is 1. The van der Waals surface area contributed by atoms with E-state index in [1.165, 1.54) is 110 Å². The Bertz CT molecular complexity index is 3840. The Morgan fingerprint density at radius 2 is 0.647 bits per heavy atom. The van der Waals surface area contributed by atoms with Crippen molar-refractivity contribution in [3.05, 3.63) is 283 Å². The van der Waals surface area contributed by atoms with Crippen molar-refractivity contribution in [2.75, 3.05) is 4.90 Å². The zero-order valence-electron chi connectivity index (χ0n) is 37.3. The first-order valence-corrected chi connectivity index (χ1v) is 23.7. The molecule has 0 aromatic heterocycles. The van der Waals surface area contributed by atoms with Gasteiger partial charge in [0, 0.05) is 16.9 Å². The second-order valence-corrected chi connectivity index (χ2v) is 18.3. The van der Waals surface area contributed by atoms with E-state index in [4.69, 9.17) is 0 Å². The smallest absolute Gasteiger partial charge is 0.0726 e. The quantitative estimate of drug-likeness (QED) is 0.151. The SMILES string of the molecule is c1ccc(-c2c(N(c3ccc(-c4c5ccccc5c(-c5ccccc5)c5ccccc45)cc3)c3ccc4c(c3)C3(c5ccccc5-c5ccccc53)c3ccccc3-4)ccc3ccccc23)cc1. The lowest BCUT2D eigenvalue weighted by atomic mass is 9.70. The molecule has 0 heterocycles. The van der Waals surface area contributed by atoms with Gasteiger partial charge in [-0.2, -0.15) is 0 Å². The summed E-state index contributed by atoms with van der Waals surface area (Å²) in [5.74, 6) is 0. The summed E-state index contributed by atoms with van der Waals surface area (Å²) in [5, 5.41) is 7.44. The van der Waals surface area contributed by atoms with Crippen LogP contribution in [-0.4, -0.2) is 0 Å².